The van der Waals surface area contributed by atoms with E-state index in [1.54, 1.807) is 25.4 Å². The van der Waals surface area contributed by atoms with Gasteiger partial charge in [0.1, 0.15) is 11.6 Å². The minimum atomic E-state index is -0.158. The van der Waals surface area contributed by atoms with E-state index in [1.807, 2.05) is 0 Å². The van der Waals surface area contributed by atoms with Crippen molar-refractivity contribution in [3.8, 4) is 5.75 Å². The van der Waals surface area contributed by atoms with Crippen LogP contribution < -0.4 is 15.4 Å². The molecule has 0 saturated carbocycles. The van der Waals surface area contributed by atoms with E-state index in [4.69, 9.17) is 9.47 Å². The molecule has 1 aromatic heterocycles. The van der Waals surface area contributed by atoms with E-state index in [0.717, 1.165) is 28.8 Å². The number of anilines is 1. The van der Waals surface area contributed by atoms with Gasteiger partial charge in [-0.3, -0.25) is 4.79 Å². The van der Waals surface area contributed by atoms with E-state index in [2.05, 4.69) is 43.7 Å². The Bertz CT molecular complexity index is 750. The molecule has 1 aliphatic heterocycles. The second-order valence-electron chi connectivity index (χ2n) is 5.69. The predicted octanol–water partition coefficient (Wildman–Crippen LogP) is 2.77. The lowest BCUT2D eigenvalue weighted by Crippen LogP contribution is -2.27. The van der Waals surface area contributed by atoms with Gasteiger partial charge in [0, 0.05) is 42.9 Å². The maximum atomic E-state index is 11.9. The second-order valence-corrected chi connectivity index (χ2v) is 6.60. The summed E-state index contributed by atoms with van der Waals surface area (Å²) < 4.78 is 11.7. The van der Waals surface area contributed by atoms with E-state index in [9.17, 15) is 4.79 Å². The standard InChI is InChI=1S/C18H20BrN3O3/c1-24-7-5-20-18(23)13-2-3-16(21-10-13)22-11-14-9-15(19)8-12-4-6-25-17(12)14/h2-3,8-10H,4-7,11H2,1H3,(H,20,23)(H,21,22). The SMILES string of the molecule is COCCNC(=O)c1ccc(NCc2cc(Br)cc3c2OCC3)nc1. The Kier molecular flexibility index (Phi) is 5.88. The summed E-state index contributed by atoms with van der Waals surface area (Å²) in [7, 11) is 1.60. The van der Waals surface area contributed by atoms with Gasteiger partial charge in [0.2, 0.25) is 0 Å². The summed E-state index contributed by atoms with van der Waals surface area (Å²) in [6.45, 7) is 2.29. The molecule has 132 valence electrons. The predicted molar refractivity (Wildman–Crippen MR) is 99.1 cm³/mol. The monoisotopic (exact) mass is 405 g/mol. The molecule has 6 nitrogen and oxygen atoms in total. The summed E-state index contributed by atoms with van der Waals surface area (Å²) in [5, 5.41) is 6.04. The number of amides is 1. The fraction of sp³-hybridized carbons (Fsp3) is 0.333. The normalized spacial score (nSPS) is 12.4. The number of rotatable bonds is 7. The van der Waals surface area contributed by atoms with E-state index in [1.165, 1.54) is 5.56 Å². The van der Waals surface area contributed by atoms with E-state index in [0.29, 0.717) is 31.1 Å². The first-order valence-electron chi connectivity index (χ1n) is 8.08. The Balaban J connectivity index is 1.60. The van der Waals surface area contributed by atoms with Crippen molar-refractivity contribution >= 4 is 27.7 Å². The van der Waals surface area contributed by atoms with Crippen molar-refractivity contribution in [3.05, 3.63) is 51.6 Å². The molecule has 2 heterocycles. The number of hydrogen-bond donors (Lipinski definition) is 2. The van der Waals surface area contributed by atoms with E-state index < -0.39 is 0 Å². The van der Waals surface area contributed by atoms with Crippen LogP contribution in [-0.2, 0) is 17.7 Å². The Hall–Kier alpha value is -2.12. The number of hydrogen-bond acceptors (Lipinski definition) is 5. The van der Waals surface area contributed by atoms with Gasteiger partial charge in [-0.05, 0) is 29.8 Å². The van der Waals surface area contributed by atoms with E-state index in [-0.39, 0.29) is 5.91 Å². The van der Waals surface area contributed by atoms with Crippen LogP contribution in [0.3, 0.4) is 0 Å². The summed E-state index contributed by atoms with van der Waals surface area (Å²) in [4.78, 5) is 16.2. The summed E-state index contributed by atoms with van der Waals surface area (Å²) in [5.41, 5.74) is 2.83. The van der Waals surface area contributed by atoms with Crippen molar-refractivity contribution in [1.82, 2.24) is 10.3 Å². The zero-order valence-corrected chi connectivity index (χ0v) is 15.6. The van der Waals surface area contributed by atoms with Gasteiger partial charge in [0.05, 0.1) is 18.8 Å². The van der Waals surface area contributed by atoms with Crippen LogP contribution in [0.1, 0.15) is 21.5 Å². The Morgan fingerprint density at radius 2 is 2.28 bits per heavy atom. The number of methoxy groups -OCH3 is 1. The van der Waals surface area contributed by atoms with Crippen LogP contribution in [0.15, 0.2) is 34.9 Å². The van der Waals surface area contributed by atoms with Gasteiger partial charge in [0.25, 0.3) is 5.91 Å². The van der Waals surface area contributed by atoms with Crippen LogP contribution in [0.5, 0.6) is 5.75 Å². The first-order valence-corrected chi connectivity index (χ1v) is 8.88. The lowest BCUT2D eigenvalue weighted by atomic mass is 10.1. The first kappa shape index (κ1) is 17.7. The average Bonchev–Trinajstić information content (AvgIpc) is 3.08. The molecule has 25 heavy (non-hydrogen) atoms. The number of nitrogens with one attached hydrogen (secondary N) is 2. The number of pyridine rings is 1. The molecule has 0 atom stereocenters. The van der Waals surface area contributed by atoms with Crippen molar-refractivity contribution in [2.75, 3.05) is 32.2 Å². The van der Waals surface area contributed by atoms with Gasteiger partial charge in [-0.1, -0.05) is 15.9 Å². The number of carbonyl (C=O) groups excluding carboxylic acids is 1. The molecule has 0 radical (unpaired) electrons. The Labute approximate surface area is 155 Å². The third-order valence-corrected chi connectivity index (χ3v) is 4.36. The van der Waals surface area contributed by atoms with Gasteiger partial charge in [-0.25, -0.2) is 4.98 Å². The highest BCUT2D eigenvalue weighted by molar-refractivity contribution is 9.10. The smallest absolute Gasteiger partial charge is 0.252 e. The fourth-order valence-electron chi connectivity index (χ4n) is 2.66. The van der Waals surface area contributed by atoms with Crippen LogP contribution in [0, 0.1) is 0 Å². The molecule has 3 rings (SSSR count). The topological polar surface area (TPSA) is 72.5 Å². The maximum Gasteiger partial charge on any atom is 0.252 e. The molecule has 0 spiro atoms. The van der Waals surface area contributed by atoms with Crippen LogP contribution in [0.2, 0.25) is 0 Å². The quantitative estimate of drug-likeness (QED) is 0.692. The molecule has 2 N–H and O–H groups in total. The molecule has 0 fully saturated rings. The summed E-state index contributed by atoms with van der Waals surface area (Å²) in [6.07, 6.45) is 2.50. The van der Waals surface area contributed by atoms with Gasteiger partial charge in [0.15, 0.2) is 0 Å². The molecule has 0 aliphatic carbocycles. The highest BCUT2D eigenvalue weighted by Crippen LogP contribution is 2.33. The number of benzene rings is 1. The third-order valence-electron chi connectivity index (χ3n) is 3.90. The third kappa shape index (κ3) is 4.49. The van der Waals surface area contributed by atoms with Gasteiger partial charge in [-0.2, -0.15) is 0 Å². The zero-order chi connectivity index (χ0) is 17.6. The zero-order valence-electron chi connectivity index (χ0n) is 14.0. The number of carbonyl (C=O) groups is 1. The van der Waals surface area contributed by atoms with Crippen molar-refractivity contribution in [3.63, 3.8) is 0 Å². The number of aromatic nitrogens is 1. The van der Waals surface area contributed by atoms with Crippen LogP contribution >= 0.6 is 15.9 Å². The van der Waals surface area contributed by atoms with Gasteiger partial charge in [-0.15, -0.1) is 0 Å². The highest BCUT2D eigenvalue weighted by Gasteiger charge is 2.17. The molecule has 7 heteroatoms. The lowest BCUT2D eigenvalue weighted by molar-refractivity contribution is 0.0937. The summed E-state index contributed by atoms with van der Waals surface area (Å²) in [5.74, 6) is 1.51. The molecule has 1 amide bonds. The van der Waals surface area contributed by atoms with Crippen molar-refractivity contribution in [2.24, 2.45) is 0 Å². The number of fused-ring (bicyclic) bond motifs is 1. The second kappa shape index (κ2) is 8.31. The molecular weight excluding hydrogens is 386 g/mol. The maximum absolute atomic E-state index is 11.9. The molecular formula is C18H20BrN3O3. The van der Waals surface area contributed by atoms with E-state index >= 15 is 0 Å². The molecule has 0 bridgehead atoms. The summed E-state index contributed by atoms with van der Waals surface area (Å²) in [6, 6.07) is 7.69. The van der Waals surface area contributed by atoms with Crippen LogP contribution in [0.4, 0.5) is 5.82 Å². The minimum Gasteiger partial charge on any atom is -0.493 e. The first-order chi connectivity index (χ1) is 12.2. The van der Waals surface area contributed by atoms with Crippen molar-refractivity contribution in [1.29, 1.82) is 0 Å². The highest BCUT2D eigenvalue weighted by atomic mass is 79.9. The Morgan fingerprint density at radius 3 is 3.04 bits per heavy atom. The molecule has 2 aromatic rings. The minimum absolute atomic E-state index is 0.158. The Morgan fingerprint density at radius 1 is 1.40 bits per heavy atom. The number of halogens is 1. The summed E-state index contributed by atoms with van der Waals surface area (Å²) >= 11 is 3.54. The van der Waals surface area contributed by atoms with Gasteiger partial charge < -0.3 is 20.1 Å². The number of ether oxygens (including phenoxy) is 2. The molecule has 0 saturated heterocycles. The lowest BCUT2D eigenvalue weighted by Gasteiger charge is -2.11. The molecule has 1 aliphatic rings. The van der Waals surface area contributed by atoms with Crippen LogP contribution in [-0.4, -0.2) is 37.8 Å². The molecule has 1 aromatic carbocycles. The van der Waals surface area contributed by atoms with Crippen molar-refractivity contribution < 1.29 is 14.3 Å². The number of nitrogens with zero attached hydrogens (tertiary/aromatic N) is 1. The molecule has 0 unspecified atom stereocenters. The van der Waals surface area contributed by atoms with Crippen LogP contribution in [0.25, 0.3) is 0 Å². The average molecular weight is 406 g/mol. The largest absolute Gasteiger partial charge is 0.493 e. The fourth-order valence-corrected chi connectivity index (χ4v) is 3.22. The van der Waals surface area contributed by atoms with Gasteiger partial charge >= 0.3 is 0 Å². The van der Waals surface area contributed by atoms with Crippen molar-refractivity contribution in [2.45, 2.75) is 13.0 Å².